The first-order chi connectivity index (χ1) is 9.65. The van der Waals surface area contributed by atoms with Gasteiger partial charge in [-0.05, 0) is 12.1 Å². The molecule has 6 nitrogen and oxygen atoms in total. The lowest BCUT2D eigenvalue weighted by atomic mass is 10.1. The molecule has 0 bridgehead atoms. The number of benzene rings is 1. The second kappa shape index (κ2) is 6.39. The van der Waals surface area contributed by atoms with Crippen molar-refractivity contribution < 1.29 is 42.1 Å². The Kier molecular flexibility index (Phi) is 5.08. The molecular formula is C11H9F4NO5. The van der Waals surface area contributed by atoms with Crippen LogP contribution in [0.2, 0.25) is 0 Å². The van der Waals surface area contributed by atoms with Crippen LogP contribution in [0.25, 0.3) is 0 Å². The monoisotopic (exact) mass is 311 g/mol. The predicted octanol–water partition coefficient (Wildman–Crippen LogP) is 0.900. The molecule has 3 N–H and O–H groups in total. The normalized spacial score (nSPS) is 12.6. The number of carbonyl (C=O) groups excluding carboxylic acids is 1. The van der Waals surface area contributed by atoms with Crippen molar-refractivity contribution >= 4 is 11.9 Å². The van der Waals surface area contributed by atoms with Gasteiger partial charge in [-0.15, -0.1) is 13.2 Å². The molecule has 1 atom stereocenters. The molecule has 0 unspecified atom stereocenters. The zero-order chi connectivity index (χ0) is 16.2. The smallest absolute Gasteiger partial charge is 0.480 e. The largest absolute Gasteiger partial charge is 0.573 e. The predicted molar refractivity (Wildman–Crippen MR) is 59.1 cm³/mol. The van der Waals surface area contributed by atoms with Crippen LogP contribution in [0.1, 0.15) is 10.4 Å². The summed E-state index contributed by atoms with van der Waals surface area (Å²) in [4.78, 5) is 22.3. The molecule has 0 aromatic heterocycles. The third kappa shape index (κ3) is 4.60. The Morgan fingerprint density at radius 3 is 2.43 bits per heavy atom. The molecule has 0 aliphatic heterocycles. The Hall–Kier alpha value is -2.36. The maximum atomic E-state index is 13.5. The van der Waals surface area contributed by atoms with E-state index >= 15 is 0 Å². The number of hydrogen-bond acceptors (Lipinski definition) is 4. The Balaban J connectivity index is 3.11. The van der Waals surface area contributed by atoms with Crippen LogP contribution in [-0.2, 0) is 4.79 Å². The topological polar surface area (TPSA) is 95.9 Å². The number of carboxylic acids is 1. The number of nitrogens with one attached hydrogen (secondary N) is 1. The van der Waals surface area contributed by atoms with Gasteiger partial charge < -0.3 is 20.3 Å². The van der Waals surface area contributed by atoms with Crippen molar-refractivity contribution in [1.29, 1.82) is 0 Å². The third-order valence-electron chi connectivity index (χ3n) is 2.21. The summed E-state index contributed by atoms with van der Waals surface area (Å²) < 4.78 is 53.5. The van der Waals surface area contributed by atoms with Crippen molar-refractivity contribution in [3.63, 3.8) is 0 Å². The third-order valence-corrected chi connectivity index (χ3v) is 2.21. The number of carbonyl (C=O) groups is 2. The number of alkyl halides is 3. The Morgan fingerprint density at radius 1 is 1.33 bits per heavy atom. The van der Waals surface area contributed by atoms with E-state index in [-0.39, 0.29) is 0 Å². The van der Waals surface area contributed by atoms with Crippen LogP contribution < -0.4 is 10.1 Å². The van der Waals surface area contributed by atoms with Gasteiger partial charge in [0.05, 0.1) is 6.61 Å². The molecule has 21 heavy (non-hydrogen) atoms. The average molecular weight is 311 g/mol. The first-order valence-electron chi connectivity index (χ1n) is 5.34. The Bertz CT molecular complexity index is 546. The molecule has 1 aromatic rings. The van der Waals surface area contributed by atoms with Gasteiger partial charge >= 0.3 is 12.3 Å². The van der Waals surface area contributed by atoms with E-state index in [0.717, 1.165) is 6.07 Å². The summed E-state index contributed by atoms with van der Waals surface area (Å²) in [5, 5.41) is 19.0. The maximum Gasteiger partial charge on any atom is 0.573 e. The van der Waals surface area contributed by atoms with Crippen molar-refractivity contribution in [2.24, 2.45) is 0 Å². The highest BCUT2D eigenvalue weighted by atomic mass is 19.4. The highest BCUT2D eigenvalue weighted by Gasteiger charge is 2.34. The fourth-order valence-electron chi connectivity index (χ4n) is 1.35. The molecule has 1 amide bonds. The standard InChI is InChI=1S/C11H9F4NO5/c12-5-2-1-3-7(21-11(13,14)15)8(5)9(18)16-6(4-17)10(19)20/h1-3,6,17H,4H2,(H,16,18)(H,19,20)/t6-/m0/s1. The van der Waals surface area contributed by atoms with Crippen LogP contribution in [0.15, 0.2) is 18.2 Å². The second-order valence-electron chi connectivity index (χ2n) is 3.71. The highest BCUT2D eigenvalue weighted by Crippen LogP contribution is 2.28. The summed E-state index contributed by atoms with van der Waals surface area (Å²) in [6, 6.07) is 0.483. The highest BCUT2D eigenvalue weighted by molar-refractivity contribution is 5.99. The Labute approximate surface area is 114 Å². The number of ether oxygens (including phenoxy) is 1. The van der Waals surface area contributed by atoms with Crippen molar-refractivity contribution in [2.45, 2.75) is 12.4 Å². The van der Waals surface area contributed by atoms with E-state index in [0.29, 0.717) is 12.1 Å². The second-order valence-corrected chi connectivity index (χ2v) is 3.71. The molecule has 0 aliphatic carbocycles. The van der Waals surface area contributed by atoms with E-state index in [4.69, 9.17) is 10.2 Å². The molecule has 10 heteroatoms. The van der Waals surface area contributed by atoms with Crippen LogP contribution in [-0.4, -0.2) is 41.1 Å². The molecule has 0 spiro atoms. The molecule has 0 heterocycles. The molecule has 1 rings (SSSR count). The van der Waals surface area contributed by atoms with E-state index in [1.54, 1.807) is 5.32 Å². The van der Waals surface area contributed by atoms with Gasteiger partial charge in [0.25, 0.3) is 5.91 Å². The summed E-state index contributed by atoms with van der Waals surface area (Å²) in [5.41, 5.74) is -1.12. The number of halogens is 4. The number of carboxylic acid groups (broad SMARTS) is 1. The molecule has 0 saturated heterocycles. The molecule has 0 saturated carbocycles. The lowest BCUT2D eigenvalue weighted by Crippen LogP contribution is -2.43. The minimum Gasteiger partial charge on any atom is -0.480 e. The molecule has 0 radical (unpaired) electrons. The number of amides is 1. The molecule has 0 aliphatic rings. The lowest BCUT2D eigenvalue weighted by Gasteiger charge is -2.16. The van der Waals surface area contributed by atoms with E-state index in [2.05, 4.69) is 4.74 Å². The summed E-state index contributed by atoms with van der Waals surface area (Å²) >= 11 is 0. The first-order valence-corrected chi connectivity index (χ1v) is 5.34. The van der Waals surface area contributed by atoms with Gasteiger partial charge in [0.15, 0.2) is 6.04 Å². The van der Waals surface area contributed by atoms with E-state index in [1.165, 1.54) is 0 Å². The Morgan fingerprint density at radius 2 is 1.95 bits per heavy atom. The number of aliphatic carboxylic acids is 1. The number of aliphatic hydroxyl groups is 1. The molecule has 1 aromatic carbocycles. The SMILES string of the molecule is O=C(N[C@@H](CO)C(=O)O)c1c(F)cccc1OC(F)(F)F. The number of aliphatic hydroxyl groups excluding tert-OH is 1. The van der Waals surface area contributed by atoms with Crippen LogP contribution >= 0.6 is 0 Å². The quantitative estimate of drug-likeness (QED) is 0.702. The van der Waals surface area contributed by atoms with Gasteiger partial charge in [-0.1, -0.05) is 6.07 Å². The summed E-state index contributed by atoms with van der Waals surface area (Å²) in [7, 11) is 0. The van der Waals surface area contributed by atoms with Gasteiger partial charge in [0, 0.05) is 0 Å². The minimum atomic E-state index is -5.16. The fraction of sp³-hybridized carbons (Fsp3) is 0.273. The van der Waals surface area contributed by atoms with E-state index in [1.807, 2.05) is 0 Å². The van der Waals surface area contributed by atoms with E-state index < -0.39 is 48.0 Å². The van der Waals surface area contributed by atoms with Crippen molar-refractivity contribution in [2.75, 3.05) is 6.61 Å². The molecular weight excluding hydrogens is 302 g/mol. The van der Waals surface area contributed by atoms with Gasteiger partial charge in [-0.3, -0.25) is 4.79 Å². The van der Waals surface area contributed by atoms with E-state index in [9.17, 15) is 27.2 Å². The first kappa shape index (κ1) is 16.7. The summed E-state index contributed by atoms with van der Waals surface area (Å²) in [6.45, 7) is -1.02. The van der Waals surface area contributed by atoms with Gasteiger partial charge in [-0.25, -0.2) is 9.18 Å². The fourth-order valence-corrected chi connectivity index (χ4v) is 1.35. The van der Waals surface area contributed by atoms with Crippen molar-refractivity contribution in [1.82, 2.24) is 5.32 Å². The zero-order valence-corrected chi connectivity index (χ0v) is 10.1. The maximum absolute atomic E-state index is 13.5. The summed E-state index contributed by atoms with van der Waals surface area (Å²) in [6.07, 6.45) is -5.16. The van der Waals surface area contributed by atoms with Gasteiger partial charge in [-0.2, -0.15) is 0 Å². The van der Waals surface area contributed by atoms with Crippen LogP contribution in [0, 0.1) is 5.82 Å². The number of hydrogen-bond donors (Lipinski definition) is 3. The van der Waals surface area contributed by atoms with Crippen molar-refractivity contribution in [3.8, 4) is 5.75 Å². The van der Waals surface area contributed by atoms with Gasteiger partial charge in [0.2, 0.25) is 0 Å². The van der Waals surface area contributed by atoms with Crippen LogP contribution in [0.3, 0.4) is 0 Å². The van der Waals surface area contributed by atoms with Gasteiger partial charge in [0.1, 0.15) is 17.1 Å². The summed E-state index contributed by atoms with van der Waals surface area (Å²) in [5.74, 6) is -5.56. The van der Waals surface area contributed by atoms with Crippen molar-refractivity contribution in [3.05, 3.63) is 29.6 Å². The molecule has 116 valence electrons. The average Bonchev–Trinajstić information content (AvgIpc) is 2.33. The van der Waals surface area contributed by atoms with Crippen LogP contribution in [0.4, 0.5) is 17.6 Å². The van der Waals surface area contributed by atoms with Crippen LogP contribution in [0.5, 0.6) is 5.75 Å². The zero-order valence-electron chi connectivity index (χ0n) is 10.1. The minimum absolute atomic E-state index is 0.695. The number of rotatable bonds is 5. The molecule has 0 fully saturated rings. The lowest BCUT2D eigenvalue weighted by molar-refractivity contribution is -0.274.